The molecule has 112 valence electrons. The van der Waals surface area contributed by atoms with Crippen molar-refractivity contribution in [1.82, 2.24) is 0 Å². The van der Waals surface area contributed by atoms with Crippen molar-refractivity contribution in [3.63, 3.8) is 0 Å². The summed E-state index contributed by atoms with van der Waals surface area (Å²) in [6.07, 6.45) is 0.836. The first-order valence-corrected chi connectivity index (χ1v) is 6.92. The highest BCUT2D eigenvalue weighted by molar-refractivity contribution is 5.51. The van der Waals surface area contributed by atoms with E-state index in [0.29, 0.717) is 11.4 Å². The molecule has 1 atom stereocenters. The Morgan fingerprint density at radius 1 is 1.00 bits per heavy atom. The summed E-state index contributed by atoms with van der Waals surface area (Å²) in [6.45, 7) is 2.06. The van der Waals surface area contributed by atoms with Gasteiger partial charge < -0.3 is 14.8 Å². The number of hydrogen-bond donors (Lipinski definition) is 1. The molecule has 0 aliphatic carbocycles. The lowest BCUT2D eigenvalue weighted by Gasteiger charge is -2.20. The molecule has 2 rings (SSSR count). The molecule has 1 unspecified atom stereocenters. The van der Waals surface area contributed by atoms with Crippen LogP contribution in [-0.4, -0.2) is 14.2 Å². The Kier molecular flexibility index (Phi) is 5.04. The van der Waals surface area contributed by atoms with E-state index in [-0.39, 0.29) is 11.9 Å². The maximum absolute atomic E-state index is 13.9. The second-order valence-corrected chi connectivity index (χ2v) is 4.72. The van der Waals surface area contributed by atoms with E-state index in [9.17, 15) is 4.39 Å². The molecule has 0 saturated heterocycles. The first-order valence-electron chi connectivity index (χ1n) is 6.92. The van der Waals surface area contributed by atoms with E-state index in [1.165, 1.54) is 6.07 Å². The van der Waals surface area contributed by atoms with Crippen molar-refractivity contribution >= 4 is 5.69 Å². The fraction of sp³-hybridized carbons (Fsp3) is 0.294. The highest BCUT2D eigenvalue weighted by Crippen LogP contribution is 2.28. The molecular formula is C17H20FNO2. The lowest BCUT2D eigenvalue weighted by atomic mass is 10.0. The monoisotopic (exact) mass is 289 g/mol. The topological polar surface area (TPSA) is 30.5 Å². The molecule has 0 aromatic heterocycles. The third-order valence-electron chi connectivity index (χ3n) is 3.43. The molecule has 3 nitrogen and oxygen atoms in total. The van der Waals surface area contributed by atoms with E-state index >= 15 is 0 Å². The van der Waals surface area contributed by atoms with Gasteiger partial charge in [0, 0.05) is 6.07 Å². The molecule has 0 fully saturated rings. The average Bonchev–Trinajstić information content (AvgIpc) is 2.54. The van der Waals surface area contributed by atoms with Crippen molar-refractivity contribution in [2.75, 3.05) is 19.5 Å². The molecule has 0 saturated carbocycles. The predicted octanol–water partition coefficient (Wildman–Crippen LogP) is 4.41. The van der Waals surface area contributed by atoms with Gasteiger partial charge in [0.25, 0.3) is 0 Å². The third kappa shape index (κ3) is 3.66. The Labute approximate surface area is 124 Å². The molecule has 0 amide bonds. The third-order valence-corrected chi connectivity index (χ3v) is 3.43. The van der Waals surface area contributed by atoms with Gasteiger partial charge in [-0.3, -0.25) is 0 Å². The minimum atomic E-state index is -0.289. The summed E-state index contributed by atoms with van der Waals surface area (Å²) >= 11 is 0. The Hall–Kier alpha value is -2.23. The number of halogens is 1. The molecule has 0 aliphatic rings. The molecule has 0 radical (unpaired) electrons. The van der Waals surface area contributed by atoms with Gasteiger partial charge in [0.15, 0.2) is 0 Å². The van der Waals surface area contributed by atoms with Crippen LogP contribution in [0.15, 0.2) is 42.5 Å². The maximum Gasteiger partial charge on any atom is 0.146 e. The average molecular weight is 289 g/mol. The maximum atomic E-state index is 13.9. The first kappa shape index (κ1) is 15.2. The van der Waals surface area contributed by atoms with Gasteiger partial charge in [-0.2, -0.15) is 0 Å². The van der Waals surface area contributed by atoms with Crippen LogP contribution in [0.4, 0.5) is 10.1 Å². The van der Waals surface area contributed by atoms with Crippen molar-refractivity contribution in [3.05, 3.63) is 53.8 Å². The summed E-state index contributed by atoms with van der Waals surface area (Å²) in [5.41, 5.74) is 1.53. The zero-order valence-corrected chi connectivity index (χ0v) is 12.5. The molecule has 4 heteroatoms. The van der Waals surface area contributed by atoms with Gasteiger partial charge in [-0.15, -0.1) is 0 Å². The molecule has 0 bridgehead atoms. The Bertz CT molecular complexity index is 584. The quantitative estimate of drug-likeness (QED) is 0.854. The lowest BCUT2D eigenvalue weighted by Crippen LogP contribution is -2.11. The van der Waals surface area contributed by atoms with Crippen LogP contribution >= 0.6 is 0 Å². The smallest absolute Gasteiger partial charge is 0.146 e. The highest BCUT2D eigenvalue weighted by atomic mass is 19.1. The molecule has 0 aliphatic heterocycles. The van der Waals surface area contributed by atoms with E-state index in [0.717, 1.165) is 17.7 Å². The molecule has 21 heavy (non-hydrogen) atoms. The first-order chi connectivity index (χ1) is 10.2. The zero-order chi connectivity index (χ0) is 15.2. The Balaban J connectivity index is 2.21. The fourth-order valence-corrected chi connectivity index (χ4v) is 2.19. The SMILES string of the molecule is CCC(Nc1cc(OC)ccc1F)c1ccc(OC)cc1. The van der Waals surface area contributed by atoms with Crippen LogP contribution in [0, 0.1) is 5.82 Å². The number of benzene rings is 2. The highest BCUT2D eigenvalue weighted by Gasteiger charge is 2.12. The molecule has 2 aromatic carbocycles. The minimum absolute atomic E-state index is 0.0255. The largest absolute Gasteiger partial charge is 0.497 e. The normalized spacial score (nSPS) is 11.8. The van der Waals surface area contributed by atoms with E-state index in [1.807, 2.05) is 24.3 Å². The van der Waals surface area contributed by atoms with Crippen molar-refractivity contribution in [3.8, 4) is 11.5 Å². The fourth-order valence-electron chi connectivity index (χ4n) is 2.19. The Morgan fingerprint density at radius 2 is 1.62 bits per heavy atom. The van der Waals surface area contributed by atoms with Crippen LogP contribution in [0.1, 0.15) is 24.9 Å². The van der Waals surface area contributed by atoms with Crippen LogP contribution < -0.4 is 14.8 Å². The molecular weight excluding hydrogens is 269 g/mol. The number of hydrogen-bond acceptors (Lipinski definition) is 3. The summed E-state index contributed by atoms with van der Waals surface area (Å²) in [4.78, 5) is 0. The number of methoxy groups -OCH3 is 2. The second-order valence-electron chi connectivity index (χ2n) is 4.72. The van der Waals surface area contributed by atoms with Crippen LogP contribution in [0.25, 0.3) is 0 Å². The summed E-state index contributed by atoms with van der Waals surface area (Å²) < 4.78 is 24.2. The van der Waals surface area contributed by atoms with Crippen molar-refractivity contribution < 1.29 is 13.9 Å². The van der Waals surface area contributed by atoms with E-state index < -0.39 is 0 Å². The summed E-state index contributed by atoms with van der Waals surface area (Å²) in [7, 11) is 3.20. The van der Waals surface area contributed by atoms with Gasteiger partial charge in [-0.05, 0) is 36.2 Å². The van der Waals surface area contributed by atoms with Crippen LogP contribution in [0.5, 0.6) is 11.5 Å². The van der Waals surface area contributed by atoms with Crippen molar-refractivity contribution in [2.45, 2.75) is 19.4 Å². The second kappa shape index (κ2) is 6.97. The van der Waals surface area contributed by atoms with Crippen LogP contribution in [0.2, 0.25) is 0 Å². The Morgan fingerprint density at radius 3 is 2.19 bits per heavy atom. The predicted molar refractivity (Wildman–Crippen MR) is 82.6 cm³/mol. The van der Waals surface area contributed by atoms with Gasteiger partial charge in [0.1, 0.15) is 17.3 Å². The number of rotatable bonds is 6. The summed E-state index contributed by atoms with van der Waals surface area (Å²) in [6, 6.07) is 12.5. The molecule has 2 aromatic rings. The van der Waals surface area contributed by atoms with E-state index in [2.05, 4.69) is 12.2 Å². The number of ether oxygens (including phenoxy) is 2. The van der Waals surface area contributed by atoms with Crippen LogP contribution in [-0.2, 0) is 0 Å². The standard InChI is InChI=1S/C17H20FNO2/c1-4-16(12-5-7-13(20-2)8-6-12)19-17-11-14(21-3)9-10-15(17)18/h5-11,16,19H,4H2,1-3H3. The van der Waals surface area contributed by atoms with Crippen molar-refractivity contribution in [2.24, 2.45) is 0 Å². The lowest BCUT2D eigenvalue weighted by molar-refractivity contribution is 0.414. The van der Waals surface area contributed by atoms with Gasteiger partial charge in [0.2, 0.25) is 0 Å². The van der Waals surface area contributed by atoms with Crippen molar-refractivity contribution in [1.29, 1.82) is 0 Å². The van der Waals surface area contributed by atoms with Gasteiger partial charge >= 0.3 is 0 Å². The number of anilines is 1. The van der Waals surface area contributed by atoms with Crippen LogP contribution in [0.3, 0.4) is 0 Å². The van der Waals surface area contributed by atoms with Gasteiger partial charge in [-0.1, -0.05) is 19.1 Å². The molecule has 0 spiro atoms. The summed E-state index contributed by atoms with van der Waals surface area (Å²) in [5.74, 6) is 1.15. The minimum Gasteiger partial charge on any atom is -0.497 e. The van der Waals surface area contributed by atoms with E-state index in [4.69, 9.17) is 9.47 Å². The van der Waals surface area contributed by atoms with Gasteiger partial charge in [-0.25, -0.2) is 4.39 Å². The zero-order valence-electron chi connectivity index (χ0n) is 12.5. The number of nitrogens with one attached hydrogen (secondary N) is 1. The van der Waals surface area contributed by atoms with Gasteiger partial charge in [0.05, 0.1) is 25.9 Å². The summed E-state index contributed by atoms with van der Waals surface area (Å²) in [5, 5.41) is 3.23. The molecule has 1 N–H and O–H groups in total. The van der Waals surface area contributed by atoms with E-state index in [1.54, 1.807) is 26.4 Å². The molecule has 0 heterocycles.